The van der Waals surface area contributed by atoms with Gasteiger partial charge in [0.25, 0.3) is 0 Å². The molecule has 0 radical (unpaired) electrons. The van der Waals surface area contributed by atoms with Gasteiger partial charge in [-0.3, -0.25) is 4.79 Å². The maximum Gasteiger partial charge on any atom is 0.471 e. The van der Waals surface area contributed by atoms with Crippen LogP contribution in [0.3, 0.4) is 0 Å². The zero-order valence-electron chi connectivity index (χ0n) is 16.1. The highest BCUT2D eigenvalue weighted by atomic mass is 19.4. The molecule has 10 heteroatoms. The molecule has 1 amide bonds. The third-order valence-corrected chi connectivity index (χ3v) is 4.79. The number of ether oxygens (including phenoxy) is 2. The van der Waals surface area contributed by atoms with E-state index in [0.29, 0.717) is 38.3 Å². The summed E-state index contributed by atoms with van der Waals surface area (Å²) < 4.78 is 52.5. The number of carbonyl (C=O) groups is 1. The van der Waals surface area contributed by atoms with E-state index in [1.54, 1.807) is 36.3 Å². The lowest BCUT2D eigenvalue weighted by Crippen LogP contribution is -2.53. The lowest BCUT2D eigenvalue weighted by atomic mass is 10.0. The maximum absolute atomic E-state index is 12.9. The molecule has 0 spiro atoms. The van der Waals surface area contributed by atoms with Gasteiger partial charge in [0.05, 0.1) is 31.8 Å². The number of alkyl halides is 3. The molecule has 2 heterocycles. The van der Waals surface area contributed by atoms with Gasteiger partial charge >= 0.3 is 12.1 Å². The molecule has 1 fully saturated rings. The Morgan fingerprint density at radius 1 is 1.31 bits per heavy atom. The SMILES string of the molecule is CCC(COC)C(=O)N(Cc1ccc(-c2noc(C(F)(F)F)n2)cc1)C1COC1. The summed E-state index contributed by atoms with van der Waals surface area (Å²) in [5.74, 6) is -1.77. The second-order valence-corrected chi connectivity index (χ2v) is 6.84. The zero-order valence-corrected chi connectivity index (χ0v) is 16.1. The van der Waals surface area contributed by atoms with Gasteiger partial charge in [0.1, 0.15) is 0 Å². The molecular weight excluding hydrogens is 391 g/mol. The van der Waals surface area contributed by atoms with Crippen LogP contribution in [-0.4, -0.2) is 53.9 Å². The third-order valence-electron chi connectivity index (χ3n) is 4.79. The minimum Gasteiger partial charge on any atom is -0.384 e. The minimum atomic E-state index is -4.69. The van der Waals surface area contributed by atoms with Crippen molar-refractivity contribution in [2.75, 3.05) is 26.9 Å². The van der Waals surface area contributed by atoms with Gasteiger partial charge in [0, 0.05) is 19.2 Å². The van der Waals surface area contributed by atoms with E-state index in [2.05, 4.69) is 14.7 Å². The van der Waals surface area contributed by atoms with Crippen molar-refractivity contribution in [3.8, 4) is 11.4 Å². The number of methoxy groups -OCH3 is 1. The molecule has 1 aromatic heterocycles. The van der Waals surface area contributed by atoms with E-state index in [1.165, 1.54) is 0 Å². The van der Waals surface area contributed by atoms with Crippen molar-refractivity contribution in [1.82, 2.24) is 15.0 Å². The average Bonchev–Trinajstić information content (AvgIpc) is 3.15. The Kier molecular flexibility index (Phi) is 6.53. The Balaban J connectivity index is 1.73. The lowest BCUT2D eigenvalue weighted by molar-refractivity contribution is -0.159. The first-order valence-corrected chi connectivity index (χ1v) is 9.20. The van der Waals surface area contributed by atoms with Gasteiger partial charge in [-0.15, -0.1) is 0 Å². The van der Waals surface area contributed by atoms with Crippen LogP contribution in [-0.2, 0) is 27.0 Å². The Hall–Kier alpha value is -2.46. The van der Waals surface area contributed by atoms with Crippen LogP contribution in [0.5, 0.6) is 0 Å². The van der Waals surface area contributed by atoms with Crippen LogP contribution in [0.15, 0.2) is 28.8 Å². The molecule has 158 valence electrons. The number of halogens is 3. The fourth-order valence-corrected chi connectivity index (χ4v) is 3.00. The number of hydrogen-bond acceptors (Lipinski definition) is 6. The monoisotopic (exact) mass is 413 g/mol. The summed E-state index contributed by atoms with van der Waals surface area (Å²) in [7, 11) is 1.56. The molecule has 1 aromatic carbocycles. The van der Waals surface area contributed by atoms with E-state index in [4.69, 9.17) is 9.47 Å². The summed E-state index contributed by atoms with van der Waals surface area (Å²) in [6.45, 7) is 3.61. The number of aromatic nitrogens is 2. The number of carbonyl (C=O) groups excluding carboxylic acids is 1. The molecule has 1 atom stereocenters. The number of benzene rings is 1. The normalized spacial score (nSPS) is 15.8. The van der Waals surface area contributed by atoms with Crippen LogP contribution >= 0.6 is 0 Å². The zero-order chi connectivity index (χ0) is 21.0. The van der Waals surface area contributed by atoms with Gasteiger partial charge in [-0.25, -0.2) is 0 Å². The van der Waals surface area contributed by atoms with Crippen molar-refractivity contribution in [1.29, 1.82) is 0 Å². The Morgan fingerprint density at radius 2 is 2.00 bits per heavy atom. The van der Waals surface area contributed by atoms with Crippen molar-refractivity contribution in [2.24, 2.45) is 5.92 Å². The molecule has 7 nitrogen and oxygen atoms in total. The first-order valence-electron chi connectivity index (χ1n) is 9.20. The molecule has 1 aliphatic rings. The first kappa shape index (κ1) is 21.3. The highest BCUT2D eigenvalue weighted by molar-refractivity contribution is 5.79. The number of rotatable bonds is 8. The predicted molar refractivity (Wildman–Crippen MR) is 95.6 cm³/mol. The molecule has 0 aliphatic carbocycles. The van der Waals surface area contributed by atoms with Crippen LogP contribution in [0.1, 0.15) is 24.8 Å². The average molecular weight is 413 g/mol. The van der Waals surface area contributed by atoms with Crippen molar-refractivity contribution < 1.29 is 32.0 Å². The maximum atomic E-state index is 12.9. The van der Waals surface area contributed by atoms with E-state index >= 15 is 0 Å². The third kappa shape index (κ3) is 4.94. The van der Waals surface area contributed by atoms with Crippen molar-refractivity contribution >= 4 is 5.91 Å². The molecule has 2 aromatic rings. The summed E-state index contributed by atoms with van der Waals surface area (Å²) in [4.78, 5) is 18.1. The molecule has 1 unspecified atom stereocenters. The van der Waals surface area contributed by atoms with E-state index in [9.17, 15) is 18.0 Å². The van der Waals surface area contributed by atoms with E-state index < -0.39 is 12.1 Å². The van der Waals surface area contributed by atoms with Crippen LogP contribution in [0, 0.1) is 5.92 Å². The lowest BCUT2D eigenvalue weighted by Gasteiger charge is -2.39. The fourth-order valence-electron chi connectivity index (χ4n) is 3.00. The molecule has 0 bridgehead atoms. The first-order chi connectivity index (χ1) is 13.8. The number of amides is 1. The van der Waals surface area contributed by atoms with Gasteiger partial charge in [0.15, 0.2) is 0 Å². The molecule has 1 aliphatic heterocycles. The second-order valence-electron chi connectivity index (χ2n) is 6.84. The van der Waals surface area contributed by atoms with Crippen molar-refractivity contribution in [3.05, 3.63) is 35.7 Å². The van der Waals surface area contributed by atoms with Crippen LogP contribution in [0.25, 0.3) is 11.4 Å². The number of hydrogen-bond donors (Lipinski definition) is 0. The number of nitrogens with zero attached hydrogens (tertiary/aromatic N) is 3. The summed E-state index contributed by atoms with van der Waals surface area (Å²) in [6.07, 6.45) is -4.02. The van der Waals surface area contributed by atoms with Gasteiger partial charge in [-0.1, -0.05) is 36.3 Å². The van der Waals surface area contributed by atoms with Gasteiger partial charge in [-0.05, 0) is 12.0 Å². The van der Waals surface area contributed by atoms with Gasteiger partial charge in [0.2, 0.25) is 11.7 Å². The fraction of sp³-hybridized carbons (Fsp3) is 0.526. The Morgan fingerprint density at radius 3 is 2.48 bits per heavy atom. The molecule has 3 rings (SSSR count). The topological polar surface area (TPSA) is 77.7 Å². The van der Waals surface area contributed by atoms with E-state index in [-0.39, 0.29) is 23.7 Å². The molecule has 0 N–H and O–H groups in total. The summed E-state index contributed by atoms with van der Waals surface area (Å²) in [6, 6.07) is 6.67. The van der Waals surface area contributed by atoms with Gasteiger partial charge < -0.3 is 18.9 Å². The van der Waals surface area contributed by atoms with Crippen molar-refractivity contribution in [2.45, 2.75) is 32.1 Å². The smallest absolute Gasteiger partial charge is 0.384 e. The van der Waals surface area contributed by atoms with Crippen LogP contribution < -0.4 is 0 Å². The van der Waals surface area contributed by atoms with E-state index in [1.807, 2.05) is 6.92 Å². The molecule has 1 saturated heterocycles. The highest BCUT2D eigenvalue weighted by Crippen LogP contribution is 2.29. The summed E-state index contributed by atoms with van der Waals surface area (Å²) in [5.41, 5.74) is 1.23. The summed E-state index contributed by atoms with van der Waals surface area (Å²) in [5, 5.41) is 3.38. The van der Waals surface area contributed by atoms with Gasteiger partial charge in [-0.2, -0.15) is 18.2 Å². The standard InChI is InChI=1S/C19H22F3N3O4/c1-3-13(9-27-2)17(26)25(15-10-28-11-15)8-12-4-6-14(7-5-12)16-23-18(29-24-16)19(20,21)22/h4-7,13,15H,3,8-11H2,1-2H3. The summed E-state index contributed by atoms with van der Waals surface area (Å²) >= 11 is 0. The Labute approximate surface area is 165 Å². The largest absolute Gasteiger partial charge is 0.471 e. The minimum absolute atomic E-state index is 0.000265. The van der Waals surface area contributed by atoms with Crippen LogP contribution in [0.2, 0.25) is 0 Å². The molecule has 29 heavy (non-hydrogen) atoms. The quantitative estimate of drug-likeness (QED) is 0.662. The second kappa shape index (κ2) is 8.91. The highest BCUT2D eigenvalue weighted by Gasteiger charge is 2.38. The molecule has 0 saturated carbocycles. The molecular formula is C19H22F3N3O4. The Bertz CT molecular complexity index is 819. The van der Waals surface area contributed by atoms with Crippen molar-refractivity contribution in [3.63, 3.8) is 0 Å². The van der Waals surface area contributed by atoms with E-state index in [0.717, 1.165) is 5.56 Å². The van der Waals surface area contributed by atoms with Crippen LogP contribution in [0.4, 0.5) is 13.2 Å². The predicted octanol–water partition coefficient (Wildman–Crippen LogP) is 3.16.